The second-order valence-electron chi connectivity index (χ2n) is 5.22. The summed E-state index contributed by atoms with van der Waals surface area (Å²) in [7, 11) is -3.32. The Bertz CT molecular complexity index is 500. The summed E-state index contributed by atoms with van der Waals surface area (Å²) < 4.78 is 26.9. The first-order valence-electron chi connectivity index (χ1n) is 7.29. The molecule has 0 aliphatic heterocycles. The fourth-order valence-electron chi connectivity index (χ4n) is 2.11. The lowest BCUT2D eigenvalue weighted by Crippen LogP contribution is -2.30. The number of rotatable bonds is 9. The molecule has 0 aliphatic carbocycles. The van der Waals surface area contributed by atoms with Crippen LogP contribution in [0.25, 0.3) is 0 Å². The summed E-state index contributed by atoms with van der Waals surface area (Å²) in [4.78, 5) is 0. The first-order chi connectivity index (χ1) is 9.48. The molecule has 1 atom stereocenters. The highest BCUT2D eigenvalue weighted by atomic mass is 32.2. The van der Waals surface area contributed by atoms with E-state index in [1.807, 2.05) is 0 Å². The van der Waals surface area contributed by atoms with Crippen LogP contribution in [-0.4, -0.2) is 15.0 Å². The SMILES string of the molecule is CCCCC(CC)CNS(=O)(=O)Cc1ccccc1N. The number of para-hydroxylation sites is 1. The van der Waals surface area contributed by atoms with E-state index in [1.165, 1.54) is 0 Å². The second-order valence-corrected chi connectivity index (χ2v) is 7.03. The maximum atomic E-state index is 12.1. The number of unbranched alkanes of at least 4 members (excludes halogenated alkanes) is 1. The summed E-state index contributed by atoms with van der Waals surface area (Å²) in [6.45, 7) is 4.77. The number of nitrogen functional groups attached to an aromatic ring is 1. The zero-order chi connectivity index (χ0) is 15.0. The monoisotopic (exact) mass is 298 g/mol. The zero-order valence-electron chi connectivity index (χ0n) is 12.4. The van der Waals surface area contributed by atoms with E-state index in [1.54, 1.807) is 24.3 Å². The molecule has 5 heteroatoms. The summed E-state index contributed by atoms with van der Waals surface area (Å²) in [5.74, 6) is 0.363. The Hall–Kier alpha value is -1.07. The van der Waals surface area contributed by atoms with Crippen molar-refractivity contribution in [2.75, 3.05) is 12.3 Å². The third-order valence-electron chi connectivity index (χ3n) is 3.54. The van der Waals surface area contributed by atoms with Crippen LogP contribution in [0.3, 0.4) is 0 Å². The minimum Gasteiger partial charge on any atom is -0.398 e. The Morgan fingerprint density at radius 1 is 1.25 bits per heavy atom. The Balaban J connectivity index is 2.55. The molecule has 114 valence electrons. The second kappa shape index (κ2) is 8.27. The van der Waals surface area contributed by atoms with Crippen LogP contribution in [0.4, 0.5) is 5.69 Å². The highest BCUT2D eigenvalue weighted by molar-refractivity contribution is 7.88. The largest absolute Gasteiger partial charge is 0.398 e. The van der Waals surface area contributed by atoms with E-state index in [0.29, 0.717) is 23.7 Å². The van der Waals surface area contributed by atoms with E-state index in [2.05, 4.69) is 18.6 Å². The van der Waals surface area contributed by atoms with Gasteiger partial charge in [0.25, 0.3) is 0 Å². The molecule has 0 spiro atoms. The predicted molar refractivity (Wildman–Crippen MR) is 84.8 cm³/mol. The van der Waals surface area contributed by atoms with Gasteiger partial charge in [0.1, 0.15) is 0 Å². The molecule has 1 unspecified atom stereocenters. The molecule has 20 heavy (non-hydrogen) atoms. The van der Waals surface area contributed by atoms with Gasteiger partial charge in [-0.3, -0.25) is 0 Å². The van der Waals surface area contributed by atoms with Crippen molar-refractivity contribution < 1.29 is 8.42 Å². The molecule has 0 saturated heterocycles. The summed E-state index contributed by atoms with van der Waals surface area (Å²) in [5.41, 5.74) is 6.96. The van der Waals surface area contributed by atoms with Gasteiger partial charge in [0.15, 0.2) is 0 Å². The average molecular weight is 298 g/mol. The van der Waals surface area contributed by atoms with Gasteiger partial charge in [-0.15, -0.1) is 0 Å². The Kier molecular flexibility index (Phi) is 7.02. The first-order valence-corrected chi connectivity index (χ1v) is 8.94. The molecule has 0 radical (unpaired) electrons. The molecule has 0 aliphatic rings. The van der Waals surface area contributed by atoms with Crippen LogP contribution in [0, 0.1) is 5.92 Å². The van der Waals surface area contributed by atoms with E-state index in [-0.39, 0.29) is 5.75 Å². The first kappa shape index (κ1) is 17.0. The van der Waals surface area contributed by atoms with E-state index in [4.69, 9.17) is 5.73 Å². The van der Waals surface area contributed by atoms with Crippen LogP contribution in [0.2, 0.25) is 0 Å². The van der Waals surface area contributed by atoms with Gasteiger partial charge in [-0.2, -0.15) is 0 Å². The smallest absolute Gasteiger partial charge is 0.215 e. The molecule has 1 aromatic carbocycles. The molecule has 3 N–H and O–H groups in total. The fourth-order valence-corrected chi connectivity index (χ4v) is 3.37. The lowest BCUT2D eigenvalue weighted by molar-refractivity contribution is 0.443. The molecular weight excluding hydrogens is 272 g/mol. The van der Waals surface area contributed by atoms with E-state index >= 15 is 0 Å². The van der Waals surface area contributed by atoms with Crippen molar-refractivity contribution in [2.45, 2.75) is 45.3 Å². The van der Waals surface area contributed by atoms with Gasteiger partial charge in [0.2, 0.25) is 10.0 Å². The predicted octanol–water partition coefficient (Wildman–Crippen LogP) is 2.90. The minimum absolute atomic E-state index is 0.0517. The van der Waals surface area contributed by atoms with Crippen LogP contribution >= 0.6 is 0 Å². The third kappa shape index (κ3) is 5.92. The quantitative estimate of drug-likeness (QED) is 0.689. The number of nitrogens with two attached hydrogens (primary N) is 1. The van der Waals surface area contributed by atoms with Crippen LogP contribution < -0.4 is 10.5 Å². The van der Waals surface area contributed by atoms with Crippen molar-refractivity contribution in [1.82, 2.24) is 4.72 Å². The highest BCUT2D eigenvalue weighted by Gasteiger charge is 2.15. The number of hydrogen-bond acceptors (Lipinski definition) is 3. The normalized spacial score (nSPS) is 13.3. The standard InChI is InChI=1S/C15H26N2O2S/c1-3-5-8-13(4-2)11-17-20(18,19)12-14-9-6-7-10-15(14)16/h6-7,9-10,13,17H,3-5,8,11-12,16H2,1-2H3. The van der Waals surface area contributed by atoms with E-state index in [9.17, 15) is 8.42 Å². The van der Waals surface area contributed by atoms with E-state index < -0.39 is 10.0 Å². The lowest BCUT2D eigenvalue weighted by Gasteiger charge is -2.15. The number of hydrogen-bond donors (Lipinski definition) is 2. The van der Waals surface area contributed by atoms with Crippen molar-refractivity contribution in [3.8, 4) is 0 Å². The number of nitrogens with one attached hydrogen (secondary N) is 1. The fraction of sp³-hybridized carbons (Fsp3) is 0.600. The van der Waals surface area contributed by atoms with Crippen molar-refractivity contribution >= 4 is 15.7 Å². The Morgan fingerprint density at radius 2 is 1.95 bits per heavy atom. The van der Waals surface area contributed by atoms with Crippen LogP contribution in [-0.2, 0) is 15.8 Å². The molecule has 1 aromatic rings. The zero-order valence-corrected chi connectivity index (χ0v) is 13.2. The van der Waals surface area contributed by atoms with Crippen molar-refractivity contribution in [1.29, 1.82) is 0 Å². The molecule has 1 rings (SSSR count). The molecule has 4 nitrogen and oxygen atoms in total. The maximum Gasteiger partial charge on any atom is 0.215 e. The summed E-state index contributed by atoms with van der Waals surface area (Å²) >= 11 is 0. The molecule has 0 amide bonds. The van der Waals surface area contributed by atoms with Gasteiger partial charge in [-0.1, -0.05) is 51.3 Å². The molecule has 0 aromatic heterocycles. The van der Waals surface area contributed by atoms with Gasteiger partial charge in [0, 0.05) is 12.2 Å². The van der Waals surface area contributed by atoms with Gasteiger partial charge in [-0.05, 0) is 24.0 Å². The Labute approximate surface area is 122 Å². The molecule has 0 saturated carbocycles. The van der Waals surface area contributed by atoms with Crippen LogP contribution in [0.1, 0.15) is 45.1 Å². The van der Waals surface area contributed by atoms with Gasteiger partial charge < -0.3 is 5.73 Å². The third-order valence-corrected chi connectivity index (χ3v) is 4.83. The molecule has 0 heterocycles. The van der Waals surface area contributed by atoms with Crippen LogP contribution in [0.5, 0.6) is 0 Å². The van der Waals surface area contributed by atoms with Gasteiger partial charge >= 0.3 is 0 Å². The summed E-state index contributed by atoms with van der Waals surface area (Å²) in [6.07, 6.45) is 4.36. The lowest BCUT2D eigenvalue weighted by atomic mass is 10.00. The summed E-state index contributed by atoms with van der Waals surface area (Å²) in [5, 5.41) is 0. The average Bonchev–Trinajstić information content (AvgIpc) is 2.41. The van der Waals surface area contributed by atoms with Crippen molar-refractivity contribution in [3.05, 3.63) is 29.8 Å². The van der Waals surface area contributed by atoms with Gasteiger partial charge in [-0.25, -0.2) is 13.1 Å². The van der Waals surface area contributed by atoms with Crippen molar-refractivity contribution in [2.24, 2.45) is 5.92 Å². The van der Waals surface area contributed by atoms with Crippen LogP contribution in [0.15, 0.2) is 24.3 Å². The Morgan fingerprint density at radius 3 is 2.55 bits per heavy atom. The summed E-state index contributed by atoms with van der Waals surface area (Å²) in [6, 6.07) is 7.08. The number of benzene rings is 1. The van der Waals surface area contributed by atoms with Gasteiger partial charge in [0.05, 0.1) is 5.75 Å². The van der Waals surface area contributed by atoms with E-state index in [0.717, 1.165) is 25.7 Å². The molecule has 0 bridgehead atoms. The highest BCUT2D eigenvalue weighted by Crippen LogP contribution is 2.15. The minimum atomic E-state index is -3.32. The number of anilines is 1. The topological polar surface area (TPSA) is 72.2 Å². The molecular formula is C15H26N2O2S. The maximum absolute atomic E-state index is 12.1. The van der Waals surface area contributed by atoms with Crippen molar-refractivity contribution in [3.63, 3.8) is 0 Å². The number of sulfonamides is 1. The molecule has 0 fully saturated rings.